The number of hydrogen-bond donors (Lipinski definition) is 7. The average molecular weight is 1090 g/mol. The van der Waals surface area contributed by atoms with Crippen molar-refractivity contribution < 1.29 is 69.0 Å². The molecule has 2 aliphatic heterocycles. The van der Waals surface area contributed by atoms with Crippen LogP contribution in [0.3, 0.4) is 0 Å². The molecule has 0 aromatic heterocycles. The van der Waals surface area contributed by atoms with E-state index in [1.54, 1.807) is 0 Å². The first-order valence-electron chi connectivity index (χ1n) is 30.5. The summed E-state index contributed by atoms with van der Waals surface area (Å²) in [6, 6.07) is 0. The summed E-state index contributed by atoms with van der Waals surface area (Å²) in [6.07, 6.45) is 46.8. The van der Waals surface area contributed by atoms with Crippen LogP contribution in [0, 0.1) is 0 Å². The quantitative estimate of drug-likeness (QED) is 0.0172. The number of unbranched alkanes of at least 4 members (excludes halogenated alkanes) is 23. The maximum atomic E-state index is 13.1. The van der Waals surface area contributed by atoms with Crippen LogP contribution in [-0.4, -0.2) is 142 Å². The Morgan fingerprint density at radius 1 is 0.442 bits per heavy atom. The third-order valence-corrected chi connectivity index (χ3v) is 14.2. The lowest BCUT2D eigenvalue weighted by molar-refractivity contribution is -0.332. The highest BCUT2D eigenvalue weighted by molar-refractivity contribution is 5.69. The van der Waals surface area contributed by atoms with E-state index in [0.717, 1.165) is 83.5 Å². The van der Waals surface area contributed by atoms with Gasteiger partial charge >= 0.3 is 5.97 Å². The molecule has 0 radical (unpaired) electrons. The van der Waals surface area contributed by atoms with Crippen LogP contribution in [-0.2, 0) is 33.2 Å². The Kier molecular flexibility index (Phi) is 45.1. The number of carbonyl (C=O) groups excluding carboxylic acids is 1. The van der Waals surface area contributed by atoms with Gasteiger partial charge in [0, 0.05) is 13.0 Å². The number of aliphatic hydroxyl groups excluding tert-OH is 7. The molecule has 0 aromatic rings. The largest absolute Gasteiger partial charge is 0.457 e. The van der Waals surface area contributed by atoms with Crippen LogP contribution in [0.4, 0.5) is 0 Å². The van der Waals surface area contributed by atoms with Crippen molar-refractivity contribution >= 4 is 5.97 Å². The maximum absolute atomic E-state index is 13.1. The third-order valence-electron chi connectivity index (χ3n) is 14.2. The minimum atomic E-state index is -1.72. The minimum Gasteiger partial charge on any atom is -0.457 e. The van der Waals surface area contributed by atoms with E-state index in [-0.39, 0.29) is 25.6 Å². The van der Waals surface area contributed by atoms with E-state index < -0.39 is 80.7 Å². The van der Waals surface area contributed by atoms with Gasteiger partial charge in [-0.1, -0.05) is 202 Å². The number of allylic oxidation sites excluding steroid dienone is 12. The van der Waals surface area contributed by atoms with Crippen LogP contribution < -0.4 is 0 Å². The Morgan fingerprint density at radius 2 is 0.844 bits per heavy atom. The molecule has 0 spiro atoms. The lowest BCUT2D eigenvalue weighted by Crippen LogP contribution is -2.61. The maximum Gasteiger partial charge on any atom is 0.306 e. The predicted molar refractivity (Wildman–Crippen MR) is 307 cm³/mol. The summed E-state index contributed by atoms with van der Waals surface area (Å²) in [6.45, 7) is 3.53. The standard InChI is InChI=1S/C63H110O14/c1-3-5-7-9-11-13-15-17-19-21-23-25-26-27-28-30-32-34-36-38-40-42-44-46-55(65)75-52(49-72-47-45-43-41-39-37-35-33-31-29-24-22-20-18-16-14-12-10-8-6-4-2)50-73-62-61(71)59(69)57(67)54(77-62)51-74-63-60(70)58(68)56(66)53(48-64)76-63/h6,8,12,14,18,20-21,23-24,29,33,35,52-54,56-64,66-71H,3-5,7,9-11,13,15-17,19,22,25-28,30-32,34,36-51H2,1-2H3/b8-6-,14-12-,20-18-,23-21-,29-24-,35-33-. The van der Waals surface area contributed by atoms with E-state index in [1.165, 1.54) is 109 Å². The van der Waals surface area contributed by atoms with Crippen molar-refractivity contribution in [2.45, 2.75) is 287 Å². The third kappa shape index (κ3) is 35.7. The number of esters is 1. The van der Waals surface area contributed by atoms with Gasteiger partial charge in [0.25, 0.3) is 0 Å². The van der Waals surface area contributed by atoms with Crippen LogP contribution in [0.1, 0.15) is 219 Å². The van der Waals surface area contributed by atoms with Crippen molar-refractivity contribution in [3.63, 3.8) is 0 Å². The first kappa shape index (κ1) is 70.5. The molecule has 11 atom stereocenters. The van der Waals surface area contributed by atoms with Crippen molar-refractivity contribution in [2.24, 2.45) is 0 Å². The van der Waals surface area contributed by atoms with Crippen LogP contribution in [0.5, 0.6) is 0 Å². The fourth-order valence-corrected chi connectivity index (χ4v) is 9.31. The van der Waals surface area contributed by atoms with Crippen molar-refractivity contribution in [3.05, 3.63) is 72.9 Å². The second-order valence-corrected chi connectivity index (χ2v) is 21.1. The van der Waals surface area contributed by atoms with E-state index in [1.807, 2.05) is 0 Å². The Morgan fingerprint density at radius 3 is 1.34 bits per heavy atom. The molecule has 77 heavy (non-hydrogen) atoms. The number of rotatable bonds is 49. The van der Waals surface area contributed by atoms with Crippen molar-refractivity contribution in [2.75, 3.05) is 33.0 Å². The van der Waals surface area contributed by atoms with E-state index >= 15 is 0 Å². The Labute approximate surface area is 466 Å². The monoisotopic (exact) mass is 1090 g/mol. The molecule has 2 rings (SSSR count). The Bertz CT molecular complexity index is 1550. The summed E-state index contributed by atoms with van der Waals surface area (Å²) in [7, 11) is 0. The molecule has 0 amide bonds. The Balaban J connectivity index is 1.71. The normalized spacial score (nSPS) is 24.8. The van der Waals surface area contributed by atoms with Gasteiger partial charge in [-0.25, -0.2) is 0 Å². The highest BCUT2D eigenvalue weighted by Gasteiger charge is 2.47. The lowest BCUT2D eigenvalue weighted by Gasteiger charge is -2.42. The second-order valence-electron chi connectivity index (χ2n) is 21.1. The summed E-state index contributed by atoms with van der Waals surface area (Å²) in [4.78, 5) is 13.1. The zero-order chi connectivity index (χ0) is 55.8. The molecular formula is C63H110O14. The molecule has 0 aliphatic carbocycles. The van der Waals surface area contributed by atoms with Gasteiger partial charge < -0.3 is 64.2 Å². The first-order valence-corrected chi connectivity index (χ1v) is 30.5. The summed E-state index contributed by atoms with van der Waals surface area (Å²) in [5, 5.41) is 72.4. The molecule has 2 aliphatic rings. The van der Waals surface area contributed by atoms with Gasteiger partial charge in [0.15, 0.2) is 12.6 Å². The van der Waals surface area contributed by atoms with Gasteiger partial charge in [-0.2, -0.15) is 0 Å². The second kappa shape index (κ2) is 49.3. The highest BCUT2D eigenvalue weighted by atomic mass is 16.7. The molecule has 7 N–H and O–H groups in total. The van der Waals surface area contributed by atoms with Crippen molar-refractivity contribution in [1.29, 1.82) is 0 Å². The molecule has 2 heterocycles. The van der Waals surface area contributed by atoms with Gasteiger partial charge in [-0.05, 0) is 83.5 Å². The predicted octanol–water partition coefficient (Wildman–Crippen LogP) is 11.4. The SMILES string of the molecule is CC/C=C\C/C=C\C/C=C\C/C=C\C/C=C\CCCCCCOCC(COC1OC(COC2OC(CO)C(O)C(O)C2O)C(O)C(O)C1O)OC(=O)CCCCCCCCCCCCC/C=C\CCCCCCCCCC. The number of carbonyl (C=O) groups is 1. The number of aliphatic hydroxyl groups is 7. The summed E-state index contributed by atoms with van der Waals surface area (Å²) in [5.74, 6) is -0.386. The summed E-state index contributed by atoms with van der Waals surface area (Å²) < 4.78 is 34.4. The van der Waals surface area contributed by atoms with Crippen molar-refractivity contribution in [3.8, 4) is 0 Å². The molecule has 0 bridgehead atoms. The van der Waals surface area contributed by atoms with Gasteiger partial charge in [0.1, 0.15) is 54.9 Å². The summed E-state index contributed by atoms with van der Waals surface area (Å²) >= 11 is 0. The Hall–Kier alpha value is -2.57. The molecule has 0 aromatic carbocycles. The van der Waals surface area contributed by atoms with Crippen LogP contribution in [0.15, 0.2) is 72.9 Å². The zero-order valence-electron chi connectivity index (χ0n) is 47.9. The average Bonchev–Trinajstić information content (AvgIpc) is 3.43. The number of hydrogen-bond acceptors (Lipinski definition) is 14. The van der Waals surface area contributed by atoms with Crippen molar-refractivity contribution in [1.82, 2.24) is 0 Å². The fourth-order valence-electron chi connectivity index (χ4n) is 9.31. The number of ether oxygens (including phenoxy) is 6. The molecule has 14 heteroatoms. The van der Waals surface area contributed by atoms with E-state index in [4.69, 9.17) is 28.4 Å². The molecule has 11 unspecified atom stereocenters. The van der Waals surface area contributed by atoms with Gasteiger partial charge in [0.05, 0.1) is 26.4 Å². The van der Waals surface area contributed by atoms with E-state index in [2.05, 4.69) is 86.8 Å². The molecule has 2 fully saturated rings. The van der Waals surface area contributed by atoms with E-state index in [9.17, 15) is 40.5 Å². The minimum absolute atomic E-state index is 0.0415. The van der Waals surface area contributed by atoms with Crippen LogP contribution in [0.2, 0.25) is 0 Å². The van der Waals surface area contributed by atoms with E-state index in [0.29, 0.717) is 13.0 Å². The highest BCUT2D eigenvalue weighted by Crippen LogP contribution is 2.27. The lowest BCUT2D eigenvalue weighted by atomic mass is 9.98. The molecule has 2 saturated heterocycles. The van der Waals surface area contributed by atoms with Gasteiger partial charge in [-0.15, -0.1) is 0 Å². The molecule has 0 saturated carbocycles. The van der Waals surface area contributed by atoms with Crippen LogP contribution in [0.25, 0.3) is 0 Å². The summed E-state index contributed by atoms with van der Waals surface area (Å²) in [5.41, 5.74) is 0. The molecule has 14 nitrogen and oxygen atoms in total. The zero-order valence-corrected chi connectivity index (χ0v) is 47.9. The molecule has 446 valence electrons. The van der Waals surface area contributed by atoms with Gasteiger partial charge in [0.2, 0.25) is 0 Å². The van der Waals surface area contributed by atoms with Crippen LogP contribution >= 0.6 is 0 Å². The first-order chi connectivity index (χ1) is 37.6. The topological polar surface area (TPSA) is 214 Å². The molecular weight excluding hydrogens is 981 g/mol. The fraction of sp³-hybridized carbons (Fsp3) is 0.794. The van der Waals surface area contributed by atoms with Gasteiger partial charge in [-0.3, -0.25) is 4.79 Å². The smallest absolute Gasteiger partial charge is 0.306 e.